The van der Waals surface area contributed by atoms with Gasteiger partial charge in [0, 0.05) is 18.4 Å². The molecule has 0 fully saturated rings. The second kappa shape index (κ2) is 7.10. The number of methoxy groups -OCH3 is 1. The number of carbonyl (C=O) groups excluding carboxylic acids is 2. The number of carbonyl (C=O) groups is 2. The fourth-order valence-electron chi connectivity index (χ4n) is 3.75. The zero-order valence-corrected chi connectivity index (χ0v) is 16.1. The minimum absolute atomic E-state index is 0.00878. The van der Waals surface area contributed by atoms with Gasteiger partial charge >= 0.3 is 5.97 Å². The third-order valence-corrected chi connectivity index (χ3v) is 4.88. The van der Waals surface area contributed by atoms with E-state index < -0.39 is 11.9 Å². The number of hydrogen-bond donors (Lipinski definition) is 1. The van der Waals surface area contributed by atoms with Crippen molar-refractivity contribution >= 4 is 11.8 Å². The van der Waals surface area contributed by atoms with Crippen LogP contribution in [0.1, 0.15) is 45.1 Å². The largest absolute Gasteiger partial charge is 0.497 e. The molecular formula is C21H25NO5. The van der Waals surface area contributed by atoms with Gasteiger partial charge in [-0.3, -0.25) is 4.79 Å². The summed E-state index contributed by atoms with van der Waals surface area (Å²) >= 11 is 0. The Morgan fingerprint density at radius 2 is 2.07 bits per heavy atom. The molecule has 6 nitrogen and oxygen atoms in total. The van der Waals surface area contributed by atoms with Crippen molar-refractivity contribution in [2.75, 3.05) is 13.7 Å². The Morgan fingerprint density at radius 3 is 2.74 bits per heavy atom. The molecule has 1 aliphatic carbocycles. The smallest absolute Gasteiger partial charge is 0.340 e. The van der Waals surface area contributed by atoms with Gasteiger partial charge in [-0.1, -0.05) is 26.0 Å². The predicted octanol–water partition coefficient (Wildman–Crippen LogP) is 3.19. The van der Waals surface area contributed by atoms with E-state index in [-0.39, 0.29) is 29.3 Å². The highest BCUT2D eigenvalue weighted by Gasteiger charge is 2.45. The first kappa shape index (κ1) is 19.0. The Balaban J connectivity index is 2.18. The number of hydrogen-bond acceptors (Lipinski definition) is 6. The van der Waals surface area contributed by atoms with Gasteiger partial charge in [0.25, 0.3) is 0 Å². The van der Waals surface area contributed by atoms with Crippen LogP contribution in [-0.2, 0) is 19.1 Å². The fraction of sp³-hybridized carbons (Fsp3) is 0.429. The van der Waals surface area contributed by atoms with Crippen LogP contribution >= 0.6 is 0 Å². The Morgan fingerprint density at radius 1 is 1.33 bits per heavy atom. The summed E-state index contributed by atoms with van der Waals surface area (Å²) in [5, 5.41) is 0. The standard InChI is InChI=1S/C21H25NO5/c1-5-26-20(24)18-16(12-7-6-8-13(9-12)25-4)17-14(23)10-21(2,3)11-15(17)27-19(18)22/h6-9,16H,5,10-11,22H2,1-4H3/t16-/m1/s1. The summed E-state index contributed by atoms with van der Waals surface area (Å²) in [6.07, 6.45) is 0.955. The van der Waals surface area contributed by atoms with Crippen LogP contribution in [0.2, 0.25) is 0 Å². The van der Waals surface area contributed by atoms with Gasteiger partial charge in [-0.2, -0.15) is 0 Å². The van der Waals surface area contributed by atoms with Crippen molar-refractivity contribution in [3.63, 3.8) is 0 Å². The average molecular weight is 371 g/mol. The molecule has 2 N–H and O–H groups in total. The summed E-state index contributed by atoms with van der Waals surface area (Å²) in [6, 6.07) is 7.28. The fourth-order valence-corrected chi connectivity index (χ4v) is 3.75. The van der Waals surface area contributed by atoms with Crippen LogP contribution in [0.15, 0.2) is 47.1 Å². The third-order valence-electron chi connectivity index (χ3n) is 4.88. The number of esters is 1. The number of allylic oxidation sites excluding steroid dienone is 2. The quantitative estimate of drug-likeness (QED) is 0.818. The molecule has 6 heteroatoms. The number of Topliss-reactive ketones (excluding diaryl/α,β-unsaturated/α-hetero) is 1. The van der Waals surface area contributed by atoms with Gasteiger partial charge in [-0.05, 0) is 30.0 Å². The lowest BCUT2D eigenvalue weighted by Crippen LogP contribution is -2.35. The highest BCUT2D eigenvalue weighted by molar-refractivity contribution is 6.03. The molecule has 144 valence electrons. The molecule has 1 aromatic rings. The maximum Gasteiger partial charge on any atom is 0.340 e. The van der Waals surface area contributed by atoms with E-state index in [1.165, 1.54) is 0 Å². The zero-order chi connectivity index (χ0) is 19.8. The van der Waals surface area contributed by atoms with Crippen molar-refractivity contribution in [2.45, 2.75) is 39.5 Å². The highest BCUT2D eigenvalue weighted by Crippen LogP contribution is 2.48. The number of ketones is 1. The van der Waals surface area contributed by atoms with Gasteiger partial charge in [0.2, 0.25) is 5.88 Å². The first-order valence-corrected chi connectivity index (χ1v) is 9.02. The van der Waals surface area contributed by atoms with Crippen LogP contribution < -0.4 is 10.5 Å². The molecule has 0 unspecified atom stereocenters. The van der Waals surface area contributed by atoms with Crippen molar-refractivity contribution in [2.24, 2.45) is 11.1 Å². The van der Waals surface area contributed by atoms with Crippen LogP contribution in [0, 0.1) is 5.41 Å². The molecule has 0 spiro atoms. The number of ether oxygens (including phenoxy) is 3. The van der Waals surface area contributed by atoms with Crippen LogP contribution in [0.4, 0.5) is 0 Å². The lowest BCUT2D eigenvalue weighted by molar-refractivity contribution is -0.139. The first-order valence-electron chi connectivity index (χ1n) is 9.02. The molecule has 0 saturated carbocycles. The molecule has 1 aromatic carbocycles. The van der Waals surface area contributed by atoms with Gasteiger partial charge in [0.15, 0.2) is 5.78 Å². The van der Waals surface area contributed by atoms with Crippen LogP contribution in [-0.4, -0.2) is 25.5 Å². The number of nitrogens with two attached hydrogens (primary N) is 1. The predicted molar refractivity (Wildman–Crippen MR) is 99.7 cm³/mol. The van der Waals surface area contributed by atoms with E-state index in [1.807, 2.05) is 26.0 Å². The minimum atomic E-state index is -0.633. The normalized spacial score (nSPS) is 21.5. The lowest BCUT2D eigenvalue weighted by Gasteiger charge is -2.38. The summed E-state index contributed by atoms with van der Waals surface area (Å²) in [5.74, 6) is -0.0893. The highest BCUT2D eigenvalue weighted by atomic mass is 16.5. The van der Waals surface area contributed by atoms with Gasteiger partial charge in [-0.15, -0.1) is 0 Å². The molecule has 1 heterocycles. The van der Waals surface area contributed by atoms with Crippen LogP contribution in [0.25, 0.3) is 0 Å². The van der Waals surface area contributed by atoms with Crippen molar-refractivity contribution in [3.8, 4) is 5.75 Å². The topological polar surface area (TPSA) is 87.9 Å². The molecule has 0 bridgehead atoms. The lowest BCUT2D eigenvalue weighted by atomic mass is 9.70. The molecule has 2 aliphatic rings. The Kier molecular flexibility index (Phi) is 5.00. The molecule has 0 amide bonds. The van der Waals surface area contributed by atoms with Gasteiger partial charge in [-0.25, -0.2) is 4.79 Å². The Labute approximate surface area is 159 Å². The average Bonchev–Trinajstić information content (AvgIpc) is 2.59. The summed E-state index contributed by atoms with van der Waals surface area (Å²) < 4.78 is 16.3. The third kappa shape index (κ3) is 3.56. The van der Waals surface area contributed by atoms with Gasteiger partial charge < -0.3 is 19.9 Å². The SMILES string of the molecule is CCOC(=O)C1=C(N)OC2=C(C(=O)CC(C)(C)C2)[C@H]1c1cccc(OC)c1. The second-order valence-electron chi connectivity index (χ2n) is 7.59. The molecule has 27 heavy (non-hydrogen) atoms. The van der Waals surface area contributed by atoms with Gasteiger partial charge in [0.1, 0.15) is 17.1 Å². The maximum absolute atomic E-state index is 13.0. The first-order chi connectivity index (χ1) is 12.8. The zero-order valence-electron chi connectivity index (χ0n) is 16.1. The maximum atomic E-state index is 13.0. The molecule has 1 aliphatic heterocycles. The summed E-state index contributed by atoms with van der Waals surface area (Å²) in [6.45, 7) is 5.95. The van der Waals surface area contributed by atoms with E-state index >= 15 is 0 Å². The van der Waals surface area contributed by atoms with Crippen LogP contribution in [0.3, 0.4) is 0 Å². The minimum Gasteiger partial charge on any atom is -0.497 e. The monoisotopic (exact) mass is 371 g/mol. The van der Waals surface area contributed by atoms with E-state index in [1.54, 1.807) is 26.2 Å². The molecule has 1 atom stereocenters. The summed E-state index contributed by atoms with van der Waals surface area (Å²) in [5.41, 5.74) is 7.29. The van der Waals surface area contributed by atoms with Crippen molar-refractivity contribution < 1.29 is 23.8 Å². The molecule has 0 radical (unpaired) electrons. The van der Waals surface area contributed by atoms with Crippen molar-refractivity contribution in [1.29, 1.82) is 0 Å². The van der Waals surface area contributed by atoms with E-state index in [9.17, 15) is 9.59 Å². The Hall–Kier alpha value is -2.76. The van der Waals surface area contributed by atoms with E-state index in [2.05, 4.69) is 0 Å². The molecule has 0 aromatic heterocycles. The van der Waals surface area contributed by atoms with Crippen molar-refractivity contribution in [1.82, 2.24) is 0 Å². The summed E-state index contributed by atoms with van der Waals surface area (Å²) in [4.78, 5) is 25.7. The molecule has 3 rings (SSSR count). The van der Waals surface area contributed by atoms with E-state index in [0.717, 1.165) is 5.56 Å². The molecule has 0 saturated heterocycles. The molecular weight excluding hydrogens is 346 g/mol. The van der Waals surface area contributed by atoms with E-state index in [4.69, 9.17) is 19.9 Å². The van der Waals surface area contributed by atoms with Crippen molar-refractivity contribution in [3.05, 3.63) is 52.6 Å². The number of benzene rings is 1. The Bertz CT molecular complexity index is 850. The van der Waals surface area contributed by atoms with Crippen LogP contribution in [0.5, 0.6) is 5.75 Å². The second-order valence-corrected chi connectivity index (χ2v) is 7.59. The number of rotatable bonds is 4. The van der Waals surface area contributed by atoms with Gasteiger partial charge in [0.05, 0.1) is 19.6 Å². The summed E-state index contributed by atoms with van der Waals surface area (Å²) in [7, 11) is 1.57. The van der Waals surface area contributed by atoms with E-state index in [0.29, 0.717) is 29.9 Å².